The van der Waals surface area contributed by atoms with Gasteiger partial charge in [-0.2, -0.15) is 0 Å². The standard InChI is InChI=1S/C17H35N/c1-6-8-13-18(14-9-7-2)15-17(5)12-10-11-16(3)4/h15-16H,6-14H2,1-5H3/b17-15+. The number of hydrogen-bond donors (Lipinski definition) is 0. The molecule has 0 spiro atoms. The number of unbranched alkanes of at least 4 members (excludes halogenated alkanes) is 2. The van der Waals surface area contributed by atoms with Gasteiger partial charge in [0.1, 0.15) is 0 Å². The minimum atomic E-state index is 0.842. The maximum atomic E-state index is 2.54. The molecule has 0 aromatic heterocycles. The predicted octanol–water partition coefficient (Wildman–Crippen LogP) is 5.62. The number of rotatable bonds is 11. The fraction of sp³-hybridized carbons (Fsp3) is 0.882. The Balaban J connectivity index is 4.05. The van der Waals surface area contributed by atoms with E-state index in [2.05, 4.69) is 45.7 Å². The van der Waals surface area contributed by atoms with E-state index >= 15 is 0 Å². The molecule has 18 heavy (non-hydrogen) atoms. The van der Waals surface area contributed by atoms with Crippen molar-refractivity contribution in [3.8, 4) is 0 Å². The summed E-state index contributed by atoms with van der Waals surface area (Å²) < 4.78 is 0. The average molecular weight is 253 g/mol. The van der Waals surface area contributed by atoms with Crippen molar-refractivity contribution >= 4 is 0 Å². The molecule has 0 fully saturated rings. The van der Waals surface area contributed by atoms with Crippen molar-refractivity contribution in [1.82, 2.24) is 4.90 Å². The first-order valence-electron chi connectivity index (χ1n) is 8.01. The van der Waals surface area contributed by atoms with Crippen molar-refractivity contribution in [2.75, 3.05) is 13.1 Å². The summed E-state index contributed by atoms with van der Waals surface area (Å²) in [5.74, 6) is 0.842. The second-order valence-electron chi connectivity index (χ2n) is 6.00. The van der Waals surface area contributed by atoms with Gasteiger partial charge in [0.2, 0.25) is 0 Å². The van der Waals surface area contributed by atoms with E-state index in [9.17, 15) is 0 Å². The minimum Gasteiger partial charge on any atom is -0.377 e. The monoisotopic (exact) mass is 253 g/mol. The maximum absolute atomic E-state index is 2.54. The predicted molar refractivity (Wildman–Crippen MR) is 83.8 cm³/mol. The smallest absolute Gasteiger partial charge is 0.0172 e. The Bertz CT molecular complexity index is 198. The lowest BCUT2D eigenvalue weighted by Gasteiger charge is -2.21. The van der Waals surface area contributed by atoms with Crippen LogP contribution in [0.25, 0.3) is 0 Å². The largest absolute Gasteiger partial charge is 0.377 e. The fourth-order valence-corrected chi connectivity index (χ4v) is 2.13. The summed E-state index contributed by atoms with van der Waals surface area (Å²) in [5, 5.41) is 0. The van der Waals surface area contributed by atoms with Crippen molar-refractivity contribution in [2.45, 2.75) is 79.6 Å². The van der Waals surface area contributed by atoms with Crippen LogP contribution in [0.15, 0.2) is 11.8 Å². The quantitative estimate of drug-likeness (QED) is 0.462. The third-order valence-electron chi connectivity index (χ3n) is 3.35. The second kappa shape index (κ2) is 11.6. The molecule has 0 aliphatic heterocycles. The number of nitrogens with zero attached hydrogens (tertiary/aromatic N) is 1. The van der Waals surface area contributed by atoms with Gasteiger partial charge in [0.15, 0.2) is 0 Å². The molecule has 0 aliphatic rings. The Morgan fingerprint density at radius 1 is 1.00 bits per heavy atom. The SMILES string of the molecule is CCCCN(/C=C(\C)CCCC(C)C)CCCC. The van der Waals surface area contributed by atoms with Gasteiger partial charge in [0.05, 0.1) is 0 Å². The molecule has 0 aromatic rings. The lowest BCUT2D eigenvalue weighted by Crippen LogP contribution is -2.20. The van der Waals surface area contributed by atoms with Crippen LogP contribution >= 0.6 is 0 Å². The zero-order valence-corrected chi connectivity index (χ0v) is 13.5. The highest BCUT2D eigenvalue weighted by Gasteiger charge is 2.01. The van der Waals surface area contributed by atoms with E-state index in [0.717, 1.165) is 5.92 Å². The Hall–Kier alpha value is -0.460. The van der Waals surface area contributed by atoms with Gasteiger partial charge < -0.3 is 4.90 Å². The van der Waals surface area contributed by atoms with Crippen LogP contribution in [0.4, 0.5) is 0 Å². The van der Waals surface area contributed by atoms with Crippen LogP contribution < -0.4 is 0 Å². The van der Waals surface area contributed by atoms with Crippen LogP contribution in [-0.2, 0) is 0 Å². The Labute approximate surface area is 116 Å². The van der Waals surface area contributed by atoms with Crippen molar-refractivity contribution in [3.05, 3.63) is 11.8 Å². The summed E-state index contributed by atoms with van der Waals surface area (Å²) in [7, 11) is 0. The molecular formula is C17H35N. The molecule has 0 heterocycles. The van der Waals surface area contributed by atoms with E-state index in [1.807, 2.05) is 0 Å². The highest BCUT2D eigenvalue weighted by atomic mass is 15.1. The van der Waals surface area contributed by atoms with Crippen molar-refractivity contribution < 1.29 is 0 Å². The molecule has 0 aromatic carbocycles. The van der Waals surface area contributed by atoms with E-state index in [0.29, 0.717) is 0 Å². The van der Waals surface area contributed by atoms with Gasteiger partial charge in [-0.1, -0.05) is 52.5 Å². The van der Waals surface area contributed by atoms with Crippen LogP contribution in [0, 0.1) is 5.92 Å². The Morgan fingerprint density at radius 2 is 1.56 bits per heavy atom. The van der Waals surface area contributed by atoms with E-state index in [-0.39, 0.29) is 0 Å². The van der Waals surface area contributed by atoms with Gasteiger partial charge in [0, 0.05) is 13.1 Å². The molecule has 1 nitrogen and oxygen atoms in total. The number of hydrogen-bond acceptors (Lipinski definition) is 1. The summed E-state index contributed by atoms with van der Waals surface area (Å²) in [5.41, 5.74) is 1.56. The van der Waals surface area contributed by atoms with Crippen LogP contribution in [0.3, 0.4) is 0 Å². The summed E-state index contributed by atoms with van der Waals surface area (Å²) in [6.07, 6.45) is 11.6. The molecule has 0 unspecified atom stereocenters. The van der Waals surface area contributed by atoms with Crippen molar-refractivity contribution in [2.24, 2.45) is 5.92 Å². The minimum absolute atomic E-state index is 0.842. The second-order valence-corrected chi connectivity index (χ2v) is 6.00. The first-order chi connectivity index (χ1) is 8.60. The van der Waals surface area contributed by atoms with Gasteiger partial charge in [-0.3, -0.25) is 0 Å². The summed E-state index contributed by atoms with van der Waals surface area (Å²) in [6.45, 7) is 13.9. The number of allylic oxidation sites excluding steroid dienone is 1. The summed E-state index contributed by atoms with van der Waals surface area (Å²) in [4.78, 5) is 2.54. The maximum Gasteiger partial charge on any atom is 0.0172 e. The summed E-state index contributed by atoms with van der Waals surface area (Å²) >= 11 is 0. The normalized spacial score (nSPS) is 12.2. The van der Waals surface area contributed by atoms with Crippen molar-refractivity contribution in [1.29, 1.82) is 0 Å². The topological polar surface area (TPSA) is 3.24 Å². The van der Waals surface area contributed by atoms with Crippen molar-refractivity contribution in [3.63, 3.8) is 0 Å². The van der Waals surface area contributed by atoms with E-state index in [1.54, 1.807) is 5.57 Å². The zero-order valence-electron chi connectivity index (χ0n) is 13.5. The fourth-order valence-electron chi connectivity index (χ4n) is 2.13. The van der Waals surface area contributed by atoms with E-state index < -0.39 is 0 Å². The van der Waals surface area contributed by atoms with Gasteiger partial charge in [-0.05, 0) is 44.7 Å². The molecule has 0 bridgehead atoms. The molecule has 0 saturated heterocycles. The van der Waals surface area contributed by atoms with Crippen LogP contribution in [-0.4, -0.2) is 18.0 Å². The van der Waals surface area contributed by atoms with E-state index in [4.69, 9.17) is 0 Å². The molecule has 0 saturated carbocycles. The molecule has 0 radical (unpaired) electrons. The van der Waals surface area contributed by atoms with E-state index in [1.165, 1.54) is 58.0 Å². The first-order valence-corrected chi connectivity index (χ1v) is 8.01. The molecule has 0 N–H and O–H groups in total. The molecule has 0 rings (SSSR count). The Kier molecular flexibility index (Phi) is 11.3. The summed E-state index contributed by atoms with van der Waals surface area (Å²) in [6, 6.07) is 0. The highest BCUT2D eigenvalue weighted by Crippen LogP contribution is 2.13. The highest BCUT2D eigenvalue weighted by molar-refractivity contribution is 4.97. The van der Waals surface area contributed by atoms with Crippen LogP contribution in [0.5, 0.6) is 0 Å². The molecule has 0 aliphatic carbocycles. The van der Waals surface area contributed by atoms with Gasteiger partial charge in [-0.25, -0.2) is 0 Å². The van der Waals surface area contributed by atoms with Gasteiger partial charge >= 0.3 is 0 Å². The zero-order chi connectivity index (χ0) is 13.8. The van der Waals surface area contributed by atoms with Gasteiger partial charge in [-0.15, -0.1) is 0 Å². The molecular weight excluding hydrogens is 218 g/mol. The average Bonchev–Trinajstić information content (AvgIpc) is 2.32. The lowest BCUT2D eigenvalue weighted by molar-refractivity contribution is 0.356. The molecule has 108 valence electrons. The third kappa shape index (κ3) is 10.7. The molecule has 1 heteroatoms. The third-order valence-corrected chi connectivity index (χ3v) is 3.35. The van der Waals surface area contributed by atoms with Gasteiger partial charge in [0.25, 0.3) is 0 Å². The first kappa shape index (κ1) is 17.5. The van der Waals surface area contributed by atoms with Crippen LogP contribution in [0.1, 0.15) is 79.6 Å². The molecule has 0 atom stereocenters. The Morgan fingerprint density at radius 3 is 2.00 bits per heavy atom. The molecule has 0 amide bonds. The lowest BCUT2D eigenvalue weighted by atomic mass is 10.0. The van der Waals surface area contributed by atoms with Crippen LogP contribution in [0.2, 0.25) is 0 Å².